The van der Waals surface area contributed by atoms with Crippen molar-refractivity contribution in [3.05, 3.63) is 29.8 Å². The zero-order chi connectivity index (χ0) is 13.5. The van der Waals surface area contributed by atoms with Gasteiger partial charge in [0.1, 0.15) is 0 Å². The molecule has 1 aromatic rings. The van der Waals surface area contributed by atoms with Crippen LogP contribution in [0, 0.1) is 12.3 Å². The van der Waals surface area contributed by atoms with Crippen LogP contribution in [0.5, 0.6) is 0 Å². The van der Waals surface area contributed by atoms with Gasteiger partial charge in [0.15, 0.2) is 0 Å². The quantitative estimate of drug-likeness (QED) is 0.779. The molecule has 2 aliphatic heterocycles. The Morgan fingerprint density at radius 3 is 2.84 bits per heavy atom. The lowest BCUT2D eigenvalue weighted by Gasteiger charge is -2.31. The maximum atomic E-state index is 12.1. The number of piperidine rings is 1. The highest BCUT2D eigenvalue weighted by atomic mass is 16.2. The van der Waals surface area contributed by atoms with Gasteiger partial charge < -0.3 is 4.90 Å². The third kappa shape index (κ3) is 2.11. The van der Waals surface area contributed by atoms with Crippen LogP contribution in [0.2, 0.25) is 0 Å². The van der Waals surface area contributed by atoms with E-state index >= 15 is 0 Å². The zero-order valence-corrected chi connectivity index (χ0v) is 11.1. The van der Waals surface area contributed by atoms with E-state index in [4.69, 9.17) is 0 Å². The first-order valence-corrected chi connectivity index (χ1v) is 6.75. The minimum Gasteiger partial charge on any atom is -0.370 e. The molecule has 3 rings (SSSR count). The number of anilines is 1. The summed E-state index contributed by atoms with van der Waals surface area (Å²) in [5, 5.41) is 2.49. The minimum absolute atomic E-state index is 0.0843. The molecule has 0 aromatic heterocycles. The van der Waals surface area contributed by atoms with E-state index in [-0.39, 0.29) is 17.2 Å². The first-order chi connectivity index (χ1) is 9.09. The van der Waals surface area contributed by atoms with E-state index in [1.54, 1.807) is 0 Å². The summed E-state index contributed by atoms with van der Waals surface area (Å²) in [6.07, 6.45) is 1.98. The summed E-state index contributed by atoms with van der Waals surface area (Å²) >= 11 is 0. The lowest BCUT2D eigenvalue weighted by molar-refractivity contribution is -0.140. The summed E-state index contributed by atoms with van der Waals surface area (Å²) in [7, 11) is 0. The predicted molar refractivity (Wildman–Crippen MR) is 72.8 cm³/mol. The fourth-order valence-electron chi connectivity index (χ4n) is 3.09. The lowest BCUT2D eigenvalue weighted by atomic mass is 9.79. The van der Waals surface area contributed by atoms with Crippen molar-refractivity contribution in [2.24, 2.45) is 5.41 Å². The number of carbonyl (C=O) groups excluding carboxylic acids is 2. The second-order valence-corrected chi connectivity index (χ2v) is 5.67. The molecule has 19 heavy (non-hydrogen) atoms. The number of nitrogens with zero attached hydrogens (tertiary/aromatic N) is 1. The molecule has 100 valence electrons. The van der Waals surface area contributed by atoms with Gasteiger partial charge in [-0.05, 0) is 37.5 Å². The van der Waals surface area contributed by atoms with Gasteiger partial charge in [-0.1, -0.05) is 12.1 Å². The standard InChI is InChI=1S/C15H18N2O2/c1-11-3-2-4-12(9-11)17-8-7-15(10-17)6-5-13(18)16-14(15)19/h2-4,9H,5-8,10H2,1H3,(H,16,18,19). The molecule has 2 aliphatic rings. The molecule has 1 spiro atoms. The monoisotopic (exact) mass is 258 g/mol. The number of aryl methyl sites for hydroxylation is 1. The fourth-order valence-corrected chi connectivity index (χ4v) is 3.09. The van der Waals surface area contributed by atoms with Crippen molar-refractivity contribution in [3.63, 3.8) is 0 Å². The molecule has 1 N–H and O–H groups in total. The molecular formula is C15H18N2O2. The Bertz CT molecular complexity index is 541. The van der Waals surface area contributed by atoms with Gasteiger partial charge in [0.2, 0.25) is 11.8 Å². The lowest BCUT2D eigenvalue weighted by Crippen LogP contribution is -2.50. The Morgan fingerprint density at radius 1 is 1.26 bits per heavy atom. The molecule has 2 heterocycles. The summed E-state index contributed by atoms with van der Waals surface area (Å²) in [5.41, 5.74) is 2.03. The maximum Gasteiger partial charge on any atom is 0.234 e. The Hall–Kier alpha value is -1.84. The largest absolute Gasteiger partial charge is 0.370 e. The highest BCUT2D eigenvalue weighted by Crippen LogP contribution is 2.39. The Balaban J connectivity index is 1.80. The van der Waals surface area contributed by atoms with E-state index in [0.717, 1.165) is 19.5 Å². The normalized spacial score (nSPS) is 26.9. The summed E-state index contributed by atoms with van der Waals surface area (Å²) in [6.45, 7) is 3.67. The van der Waals surface area contributed by atoms with E-state index in [2.05, 4.69) is 35.3 Å². The highest BCUT2D eigenvalue weighted by molar-refractivity contribution is 6.01. The summed E-state index contributed by atoms with van der Waals surface area (Å²) in [6, 6.07) is 8.34. The first-order valence-electron chi connectivity index (χ1n) is 6.75. The molecule has 4 nitrogen and oxygen atoms in total. The van der Waals surface area contributed by atoms with Gasteiger partial charge in [0.05, 0.1) is 5.41 Å². The van der Waals surface area contributed by atoms with Gasteiger partial charge in [0, 0.05) is 25.2 Å². The average Bonchev–Trinajstić information content (AvgIpc) is 2.80. The highest BCUT2D eigenvalue weighted by Gasteiger charge is 2.47. The van der Waals surface area contributed by atoms with Crippen molar-refractivity contribution in [1.29, 1.82) is 0 Å². The van der Waals surface area contributed by atoms with E-state index in [1.807, 2.05) is 6.07 Å². The Labute approximate surface area is 112 Å². The van der Waals surface area contributed by atoms with E-state index in [1.165, 1.54) is 11.3 Å². The van der Waals surface area contributed by atoms with Crippen LogP contribution in [-0.2, 0) is 9.59 Å². The van der Waals surface area contributed by atoms with E-state index < -0.39 is 0 Å². The molecule has 0 bridgehead atoms. The number of hydrogen-bond donors (Lipinski definition) is 1. The number of carbonyl (C=O) groups is 2. The van der Waals surface area contributed by atoms with Crippen LogP contribution in [0.3, 0.4) is 0 Å². The van der Waals surface area contributed by atoms with Gasteiger partial charge in [-0.15, -0.1) is 0 Å². The van der Waals surface area contributed by atoms with Crippen LogP contribution >= 0.6 is 0 Å². The second kappa shape index (κ2) is 4.37. The molecule has 4 heteroatoms. The predicted octanol–water partition coefficient (Wildman–Crippen LogP) is 1.63. The number of benzene rings is 1. The van der Waals surface area contributed by atoms with Crippen molar-refractivity contribution in [2.45, 2.75) is 26.2 Å². The summed E-state index contributed by atoms with van der Waals surface area (Å²) in [4.78, 5) is 25.6. The van der Waals surface area contributed by atoms with Crippen LogP contribution in [-0.4, -0.2) is 24.9 Å². The topological polar surface area (TPSA) is 49.4 Å². The van der Waals surface area contributed by atoms with Crippen molar-refractivity contribution in [1.82, 2.24) is 5.32 Å². The molecule has 1 atom stereocenters. The van der Waals surface area contributed by atoms with Crippen molar-refractivity contribution >= 4 is 17.5 Å². The number of amides is 2. The smallest absolute Gasteiger partial charge is 0.234 e. The third-order valence-electron chi connectivity index (χ3n) is 4.29. The number of nitrogens with one attached hydrogen (secondary N) is 1. The van der Waals surface area contributed by atoms with Crippen LogP contribution < -0.4 is 10.2 Å². The second-order valence-electron chi connectivity index (χ2n) is 5.67. The third-order valence-corrected chi connectivity index (χ3v) is 4.29. The first kappa shape index (κ1) is 12.2. The molecule has 0 saturated carbocycles. The Morgan fingerprint density at radius 2 is 2.11 bits per heavy atom. The molecule has 0 radical (unpaired) electrons. The van der Waals surface area contributed by atoms with Crippen LogP contribution in [0.15, 0.2) is 24.3 Å². The Kier molecular flexibility index (Phi) is 2.81. The van der Waals surface area contributed by atoms with Gasteiger partial charge in [-0.3, -0.25) is 14.9 Å². The number of imide groups is 1. The zero-order valence-electron chi connectivity index (χ0n) is 11.1. The van der Waals surface area contributed by atoms with Crippen molar-refractivity contribution in [2.75, 3.05) is 18.0 Å². The van der Waals surface area contributed by atoms with E-state index in [9.17, 15) is 9.59 Å². The molecule has 2 fully saturated rings. The summed E-state index contributed by atoms with van der Waals surface area (Å²) in [5.74, 6) is -0.219. The molecule has 2 saturated heterocycles. The fraction of sp³-hybridized carbons (Fsp3) is 0.467. The number of hydrogen-bond acceptors (Lipinski definition) is 3. The van der Waals surface area contributed by atoms with Crippen LogP contribution in [0.1, 0.15) is 24.8 Å². The summed E-state index contributed by atoms with van der Waals surface area (Å²) < 4.78 is 0. The van der Waals surface area contributed by atoms with Gasteiger partial charge >= 0.3 is 0 Å². The van der Waals surface area contributed by atoms with Crippen molar-refractivity contribution in [3.8, 4) is 0 Å². The van der Waals surface area contributed by atoms with Crippen LogP contribution in [0.25, 0.3) is 0 Å². The molecule has 0 aliphatic carbocycles. The number of rotatable bonds is 1. The van der Waals surface area contributed by atoms with Crippen molar-refractivity contribution < 1.29 is 9.59 Å². The average molecular weight is 258 g/mol. The maximum absolute atomic E-state index is 12.1. The molecule has 1 aromatic carbocycles. The minimum atomic E-state index is -0.363. The van der Waals surface area contributed by atoms with Gasteiger partial charge in [-0.25, -0.2) is 0 Å². The molecule has 2 amide bonds. The molecule has 1 unspecified atom stereocenters. The van der Waals surface area contributed by atoms with Gasteiger partial charge in [0.25, 0.3) is 0 Å². The SMILES string of the molecule is Cc1cccc(N2CCC3(CCC(=O)NC3=O)C2)c1. The van der Waals surface area contributed by atoms with E-state index in [0.29, 0.717) is 12.8 Å². The van der Waals surface area contributed by atoms with Gasteiger partial charge in [-0.2, -0.15) is 0 Å². The molecular weight excluding hydrogens is 240 g/mol. The van der Waals surface area contributed by atoms with Crippen LogP contribution in [0.4, 0.5) is 5.69 Å².